The zero-order valence-electron chi connectivity index (χ0n) is 17.0. The van der Waals surface area contributed by atoms with Gasteiger partial charge in [0.05, 0.1) is 25.3 Å². The fourth-order valence-corrected chi connectivity index (χ4v) is 3.54. The Hall–Kier alpha value is -2.90. The molecule has 1 aliphatic rings. The number of carbonyl (C=O) groups is 4. The summed E-state index contributed by atoms with van der Waals surface area (Å²) in [6, 6.07) is 7.36. The summed E-state index contributed by atoms with van der Waals surface area (Å²) in [5.41, 5.74) is 0.415. The maximum atomic E-state index is 13.3. The van der Waals surface area contributed by atoms with Gasteiger partial charge < -0.3 is 19.1 Å². The molecule has 0 saturated carbocycles. The standard InChI is InChI=1S/C21H27NO7/c1-4-27-20(25)18(21(26)28-5-2)17-12-11-16(13-29-14(3)23)22(17)19(24)15-9-7-6-8-10-15/h6-10,16-18H,4-5,11-13H2,1-3H3/t16-,17?/m0/s1. The highest BCUT2D eigenvalue weighted by atomic mass is 16.6. The third-order valence-electron chi connectivity index (χ3n) is 4.75. The molecule has 2 atom stereocenters. The monoisotopic (exact) mass is 405 g/mol. The Bertz CT molecular complexity index is 716. The number of carbonyl (C=O) groups excluding carboxylic acids is 4. The predicted octanol–water partition coefficient (Wildman–Crippen LogP) is 1.97. The van der Waals surface area contributed by atoms with E-state index in [4.69, 9.17) is 14.2 Å². The maximum absolute atomic E-state index is 13.3. The van der Waals surface area contributed by atoms with Crippen LogP contribution in [0.5, 0.6) is 0 Å². The molecule has 0 bridgehead atoms. The number of ether oxygens (including phenoxy) is 3. The van der Waals surface area contributed by atoms with Crippen molar-refractivity contribution < 1.29 is 33.4 Å². The summed E-state index contributed by atoms with van der Waals surface area (Å²) in [5.74, 6) is -3.52. The van der Waals surface area contributed by atoms with Crippen molar-refractivity contribution in [2.45, 2.75) is 45.7 Å². The fraction of sp³-hybridized carbons (Fsp3) is 0.524. The van der Waals surface area contributed by atoms with Gasteiger partial charge in [0.15, 0.2) is 5.92 Å². The van der Waals surface area contributed by atoms with Gasteiger partial charge in [0.25, 0.3) is 5.91 Å². The van der Waals surface area contributed by atoms with E-state index in [0.717, 1.165) is 0 Å². The van der Waals surface area contributed by atoms with Gasteiger partial charge in [-0.3, -0.25) is 19.2 Å². The van der Waals surface area contributed by atoms with Crippen LogP contribution in [0.1, 0.15) is 44.0 Å². The minimum Gasteiger partial charge on any atom is -0.465 e. The van der Waals surface area contributed by atoms with E-state index in [-0.39, 0.29) is 25.7 Å². The van der Waals surface area contributed by atoms with Crippen molar-refractivity contribution >= 4 is 23.8 Å². The van der Waals surface area contributed by atoms with Gasteiger partial charge in [-0.15, -0.1) is 0 Å². The van der Waals surface area contributed by atoms with Crippen LogP contribution >= 0.6 is 0 Å². The van der Waals surface area contributed by atoms with Crippen LogP contribution in [0.25, 0.3) is 0 Å². The molecule has 0 aromatic heterocycles. The number of hydrogen-bond donors (Lipinski definition) is 0. The SMILES string of the molecule is CCOC(=O)C(C(=O)OCC)C1CC[C@@H](COC(C)=O)N1C(=O)c1ccccc1. The normalized spacial score (nSPS) is 18.4. The van der Waals surface area contributed by atoms with Gasteiger partial charge >= 0.3 is 17.9 Å². The molecule has 0 N–H and O–H groups in total. The Balaban J connectivity index is 2.39. The summed E-state index contributed by atoms with van der Waals surface area (Å²) in [6.07, 6.45) is 0.860. The molecule has 8 nitrogen and oxygen atoms in total. The molecular formula is C21H27NO7. The van der Waals surface area contributed by atoms with Gasteiger partial charge in [-0.05, 0) is 38.8 Å². The van der Waals surface area contributed by atoms with Crippen molar-refractivity contribution in [3.8, 4) is 0 Å². The van der Waals surface area contributed by atoms with Gasteiger partial charge in [0, 0.05) is 12.5 Å². The van der Waals surface area contributed by atoms with Crippen LogP contribution < -0.4 is 0 Å². The first-order valence-electron chi connectivity index (χ1n) is 9.75. The van der Waals surface area contributed by atoms with E-state index < -0.39 is 35.9 Å². The number of hydrogen-bond acceptors (Lipinski definition) is 7. The van der Waals surface area contributed by atoms with Gasteiger partial charge in [-0.25, -0.2) is 0 Å². The van der Waals surface area contributed by atoms with Gasteiger partial charge in [0.1, 0.15) is 6.61 Å². The molecule has 1 aliphatic heterocycles. The summed E-state index contributed by atoms with van der Waals surface area (Å²) in [6.45, 7) is 4.77. The van der Waals surface area contributed by atoms with Crippen molar-refractivity contribution in [1.29, 1.82) is 0 Å². The third kappa shape index (κ3) is 5.56. The molecule has 158 valence electrons. The number of amides is 1. The van der Waals surface area contributed by atoms with E-state index in [0.29, 0.717) is 18.4 Å². The van der Waals surface area contributed by atoms with E-state index in [1.807, 2.05) is 0 Å². The van der Waals surface area contributed by atoms with Crippen molar-refractivity contribution in [3.05, 3.63) is 35.9 Å². The van der Waals surface area contributed by atoms with Crippen LogP contribution in [0.15, 0.2) is 30.3 Å². The lowest BCUT2D eigenvalue weighted by atomic mass is 9.97. The van der Waals surface area contributed by atoms with Crippen molar-refractivity contribution in [2.75, 3.05) is 19.8 Å². The Kier molecular flexibility index (Phi) is 8.18. The summed E-state index contributed by atoms with van der Waals surface area (Å²) >= 11 is 0. The molecule has 1 aromatic rings. The molecule has 1 fully saturated rings. The highest BCUT2D eigenvalue weighted by molar-refractivity contribution is 5.99. The molecule has 2 rings (SSSR count). The van der Waals surface area contributed by atoms with Crippen LogP contribution in [-0.4, -0.2) is 60.6 Å². The number of likely N-dealkylation sites (tertiary alicyclic amines) is 1. The molecule has 1 saturated heterocycles. The molecule has 1 heterocycles. The molecule has 1 amide bonds. The summed E-state index contributed by atoms with van der Waals surface area (Å²) in [5, 5.41) is 0. The predicted molar refractivity (Wildman–Crippen MR) is 103 cm³/mol. The number of benzene rings is 1. The fourth-order valence-electron chi connectivity index (χ4n) is 3.54. The molecular weight excluding hydrogens is 378 g/mol. The minimum absolute atomic E-state index is 0.0111. The lowest BCUT2D eigenvalue weighted by Gasteiger charge is -2.33. The smallest absolute Gasteiger partial charge is 0.322 e. The topological polar surface area (TPSA) is 99.2 Å². The van der Waals surface area contributed by atoms with E-state index in [1.54, 1.807) is 44.2 Å². The largest absolute Gasteiger partial charge is 0.465 e. The molecule has 0 spiro atoms. The van der Waals surface area contributed by atoms with Gasteiger partial charge in [0.2, 0.25) is 0 Å². The second kappa shape index (κ2) is 10.6. The zero-order valence-corrected chi connectivity index (χ0v) is 17.0. The van der Waals surface area contributed by atoms with E-state index in [9.17, 15) is 19.2 Å². The average molecular weight is 405 g/mol. The quantitative estimate of drug-likeness (QED) is 0.370. The van der Waals surface area contributed by atoms with Crippen LogP contribution in [0.4, 0.5) is 0 Å². The zero-order chi connectivity index (χ0) is 21.4. The Morgan fingerprint density at radius 2 is 1.55 bits per heavy atom. The average Bonchev–Trinajstić information content (AvgIpc) is 3.10. The first kappa shape index (κ1) is 22.4. The van der Waals surface area contributed by atoms with Crippen molar-refractivity contribution in [1.82, 2.24) is 4.90 Å². The Morgan fingerprint density at radius 3 is 2.07 bits per heavy atom. The highest BCUT2D eigenvalue weighted by Gasteiger charge is 2.48. The highest BCUT2D eigenvalue weighted by Crippen LogP contribution is 2.32. The first-order valence-corrected chi connectivity index (χ1v) is 9.75. The molecule has 1 unspecified atom stereocenters. The lowest BCUT2D eigenvalue weighted by Crippen LogP contribution is -2.51. The van der Waals surface area contributed by atoms with Crippen LogP contribution in [0, 0.1) is 5.92 Å². The maximum Gasteiger partial charge on any atom is 0.322 e. The van der Waals surface area contributed by atoms with E-state index in [2.05, 4.69) is 0 Å². The third-order valence-corrected chi connectivity index (χ3v) is 4.75. The van der Waals surface area contributed by atoms with E-state index >= 15 is 0 Å². The molecule has 0 aliphatic carbocycles. The second-order valence-electron chi connectivity index (χ2n) is 6.66. The molecule has 0 radical (unpaired) electrons. The van der Waals surface area contributed by atoms with Crippen LogP contribution in [0.2, 0.25) is 0 Å². The second-order valence-corrected chi connectivity index (χ2v) is 6.66. The van der Waals surface area contributed by atoms with E-state index in [1.165, 1.54) is 11.8 Å². The number of esters is 3. The van der Waals surface area contributed by atoms with Gasteiger partial charge in [-0.2, -0.15) is 0 Å². The van der Waals surface area contributed by atoms with Gasteiger partial charge in [-0.1, -0.05) is 18.2 Å². The molecule has 8 heteroatoms. The Labute approximate surface area is 170 Å². The summed E-state index contributed by atoms with van der Waals surface area (Å²) in [4.78, 5) is 51.2. The first-order chi connectivity index (χ1) is 13.9. The van der Waals surface area contributed by atoms with Crippen LogP contribution in [0.3, 0.4) is 0 Å². The number of nitrogens with zero attached hydrogens (tertiary/aromatic N) is 1. The van der Waals surface area contributed by atoms with Crippen LogP contribution in [-0.2, 0) is 28.6 Å². The van der Waals surface area contributed by atoms with Crippen molar-refractivity contribution in [2.24, 2.45) is 5.92 Å². The molecule has 29 heavy (non-hydrogen) atoms. The molecule has 1 aromatic carbocycles. The van der Waals surface area contributed by atoms with Crippen molar-refractivity contribution in [3.63, 3.8) is 0 Å². The minimum atomic E-state index is -1.26. The summed E-state index contributed by atoms with van der Waals surface area (Å²) < 4.78 is 15.3. The summed E-state index contributed by atoms with van der Waals surface area (Å²) in [7, 11) is 0. The number of rotatable bonds is 8. The lowest BCUT2D eigenvalue weighted by molar-refractivity contribution is -0.164. The Morgan fingerprint density at radius 1 is 0.966 bits per heavy atom.